The number of rotatable bonds is 13. The number of fused-ring (bicyclic) bond motifs is 6. The van der Waals surface area contributed by atoms with Crippen LogP contribution in [0.2, 0.25) is 0 Å². The lowest BCUT2D eigenvalue weighted by atomic mass is 9.84. The molecule has 1 saturated heterocycles. The molecule has 0 saturated carbocycles. The molecule has 2 N–H and O–H groups in total. The van der Waals surface area contributed by atoms with Crippen molar-refractivity contribution in [2.45, 2.75) is 105 Å². The van der Waals surface area contributed by atoms with Gasteiger partial charge in [-0.2, -0.15) is 5.43 Å². The van der Waals surface area contributed by atoms with E-state index in [1.54, 1.807) is 20.4 Å². The second-order valence-corrected chi connectivity index (χ2v) is 18.6. The number of nitrogens with zero attached hydrogens (tertiary/aromatic N) is 7. The third-order valence-corrected chi connectivity index (χ3v) is 12.6. The first-order chi connectivity index (χ1) is 32.3. The van der Waals surface area contributed by atoms with Crippen LogP contribution in [0, 0.1) is 16.2 Å². The first-order valence-corrected chi connectivity index (χ1v) is 23.3. The quantitative estimate of drug-likeness (QED) is 0.114. The molecule has 15 nitrogen and oxygen atoms in total. The summed E-state index contributed by atoms with van der Waals surface area (Å²) in [5, 5.41) is 5.55. The minimum absolute atomic E-state index is 0.0517. The first kappa shape index (κ1) is 48.4. The van der Waals surface area contributed by atoms with Crippen LogP contribution in [0.25, 0.3) is 33.3 Å². The summed E-state index contributed by atoms with van der Waals surface area (Å²) in [4.78, 5) is 77.4. The molecule has 67 heavy (non-hydrogen) atoms. The highest BCUT2D eigenvalue weighted by molar-refractivity contribution is 5.96. The van der Waals surface area contributed by atoms with Crippen LogP contribution in [0.3, 0.4) is 0 Å². The third kappa shape index (κ3) is 11.5. The van der Waals surface area contributed by atoms with Crippen molar-refractivity contribution in [3.05, 3.63) is 118 Å². The minimum atomic E-state index is -1.04. The van der Waals surface area contributed by atoms with Crippen LogP contribution >= 0.6 is 0 Å². The molecule has 2 aromatic heterocycles. The van der Waals surface area contributed by atoms with Crippen LogP contribution in [0.4, 0.5) is 0 Å². The standard InChI is InChI=1S/C52H63N9O6/c1-8-59-45-20-19-39-28-41(45)42(49(59)43-31-53-23-21-40(43)32-66-7)29-52(4,5)33-67-61(65)46-18-13-25-60(57-46)51(64)44(27-37-16-12-17-38(39)26-37)56-50(63)48(35(2)3)58(6)47(62)22-24-54-34-55-30-36-14-10-9-11-15-36/h9-12,14-17,19-21,23,26,28,31,35,44,46,48,57H,8,13,18,22,24-25,27,29-30,32-33H2,1-7H3/p+1/t44-,46+,48-/m0/s1. The molecule has 0 aliphatic carbocycles. The average Bonchev–Trinajstić information content (AvgIpc) is 3.62. The number of aliphatic imine (C=N–C) groups is 2. The Morgan fingerprint density at radius 3 is 2.63 bits per heavy atom. The van der Waals surface area contributed by atoms with Gasteiger partial charge in [-0.25, -0.2) is 14.8 Å². The molecule has 2 aliphatic heterocycles. The van der Waals surface area contributed by atoms with Gasteiger partial charge in [-0.3, -0.25) is 24.4 Å². The van der Waals surface area contributed by atoms with Crippen molar-refractivity contribution in [3.63, 3.8) is 0 Å². The van der Waals surface area contributed by atoms with Gasteiger partial charge in [-0.1, -0.05) is 88.4 Å². The van der Waals surface area contributed by atoms with Gasteiger partial charge in [0.25, 0.3) is 5.91 Å². The van der Waals surface area contributed by atoms with E-state index in [2.05, 4.69) is 87.4 Å². The number of likely N-dealkylation sites (N-methyl/N-ethyl adjacent to an activating group) is 1. The van der Waals surface area contributed by atoms with Gasteiger partial charge in [-0.15, -0.1) is 0 Å². The average molecular weight is 911 g/mol. The topological polar surface area (TPSA) is 163 Å². The molecule has 15 heteroatoms. The lowest BCUT2D eigenvalue weighted by Gasteiger charge is -2.34. The molecule has 1 fully saturated rings. The number of ether oxygens (including phenoxy) is 1. The van der Waals surface area contributed by atoms with Crippen molar-refractivity contribution in [2.24, 2.45) is 21.3 Å². The summed E-state index contributed by atoms with van der Waals surface area (Å²) in [7, 11) is 3.29. The predicted octanol–water partition coefficient (Wildman–Crippen LogP) is 7.56. The SMILES string of the molecule is CCn1c(-c2cnccc2COC)c2c3cc(ccc31)-c1cccc(c1)C[C@H](NC(=O)[C@H](C(C)C)N(C)C(=O)CCN=C=NCc1ccccc1)C(=O)N1CCC[C@H](N1)[N+](=O)OCC(C)(C)C2. The number of amides is 3. The Bertz CT molecular complexity index is 2640. The van der Waals surface area contributed by atoms with Crippen LogP contribution in [0.5, 0.6) is 0 Å². The lowest BCUT2D eigenvalue weighted by molar-refractivity contribution is -0.835. The fourth-order valence-electron chi connectivity index (χ4n) is 9.25. The zero-order valence-corrected chi connectivity index (χ0v) is 39.8. The van der Waals surface area contributed by atoms with E-state index in [1.807, 2.05) is 68.6 Å². The number of aryl methyl sites for hydroxylation is 1. The summed E-state index contributed by atoms with van der Waals surface area (Å²) in [6.07, 6.45) is 4.61. The smallest absolute Gasteiger partial charge is 0.326 e. The van der Waals surface area contributed by atoms with Gasteiger partial charge in [0.15, 0.2) is 6.61 Å². The van der Waals surface area contributed by atoms with Crippen LogP contribution in [0.1, 0.15) is 76.1 Å². The van der Waals surface area contributed by atoms with Gasteiger partial charge in [-0.05, 0) is 77.3 Å². The summed E-state index contributed by atoms with van der Waals surface area (Å²) in [6, 6.07) is 27.0. The maximum Gasteiger partial charge on any atom is 0.326 e. The Balaban J connectivity index is 1.22. The van der Waals surface area contributed by atoms with E-state index in [1.165, 1.54) is 9.91 Å². The molecular formula is C52H64N9O6+. The Morgan fingerprint density at radius 1 is 1.07 bits per heavy atom. The molecule has 4 heterocycles. The molecule has 3 aromatic carbocycles. The fourth-order valence-corrected chi connectivity index (χ4v) is 9.25. The van der Waals surface area contributed by atoms with Crippen molar-refractivity contribution in [3.8, 4) is 22.4 Å². The van der Waals surface area contributed by atoms with Crippen molar-refractivity contribution < 1.29 is 28.9 Å². The molecule has 352 valence electrons. The zero-order chi connectivity index (χ0) is 47.7. The Hall–Kier alpha value is -6.54. The van der Waals surface area contributed by atoms with Crippen molar-refractivity contribution in [1.29, 1.82) is 0 Å². The van der Waals surface area contributed by atoms with Gasteiger partial charge in [0.1, 0.15) is 12.1 Å². The molecule has 3 amide bonds. The predicted molar refractivity (Wildman–Crippen MR) is 258 cm³/mol. The van der Waals surface area contributed by atoms with Crippen LogP contribution in [-0.2, 0) is 56.5 Å². The molecule has 6 bridgehead atoms. The fraction of sp³-hybridized carbons (Fsp3) is 0.442. The molecule has 5 aromatic rings. The van der Waals surface area contributed by atoms with E-state index < -0.39 is 35.5 Å². The second-order valence-electron chi connectivity index (χ2n) is 18.6. The van der Waals surface area contributed by atoms with Crippen LogP contribution in [0.15, 0.2) is 101 Å². The summed E-state index contributed by atoms with van der Waals surface area (Å²) in [6.45, 7) is 12.2. The summed E-state index contributed by atoms with van der Waals surface area (Å²) >= 11 is 0. The largest absolute Gasteiger partial charge is 0.380 e. The van der Waals surface area contributed by atoms with Crippen molar-refractivity contribution in [2.75, 3.05) is 33.9 Å². The van der Waals surface area contributed by atoms with E-state index in [0.717, 1.165) is 55.5 Å². The molecule has 7 rings (SSSR count). The Morgan fingerprint density at radius 2 is 1.87 bits per heavy atom. The number of pyridine rings is 1. The second kappa shape index (κ2) is 21.8. The number of carbonyl (C=O) groups is 3. The number of aromatic nitrogens is 2. The van der Waals surface area contributed by atoms with Gasteiger partial charge < -0.3 is 19.5 Å². The van der Waals surface area contributed by atoms with Gasteiger partial charge in [0.2, 0.25) is 16.7 Å². The number of nitrogens with one attached hydrogen (secondary N) is 2. The van der Waals surface area contributed by atoms with Crippen LogP contribution < -0.4 is 10.7 Å². The van der Waals surface area contributed by atoms with E-state index in [-0.39, 0.29) is 37.8 Å². The van der Waals surface area contributed by atoms with Gasteiger partial charge in [0.05, 0.1) is 36.3 Å². The number of hydrazine groups is 1. The molecule has 0 spiro atoms. The highest BCUT2D eigenvalue weighted by Crippen LogP contribution is 2.41. The normalized spacial score (nSPS) is 17.8. The third-order valence-electron chi connectivity index (χ3n) is 12.6. The summed E-state index contributed by atoms with van der Waals surface area (Å²) in [5.41, 5.74) is 11.6. The molecule has 2 aliphatic rings. The number of benzene rings is 3. The minimum Gasteiger partial charge on any atom is -0.380 e. The van der Waals surface area contributed by atoms with E-state index in [9.17, 15) is 19.3 Å². The Labute approximate surface area is 393 Å². The highest BCUT2D eigenvalue weighted by Gasteiger charge is 2.40. The van der Waals surface area contributed by atoms with Crippen LogP contribution in [-0.4, -0.2) is 100 Å². The number of hydrogen-bond donors (Lipinski definition) is 2. The maximum absolute atomic E-state index is 14.7. The van der Waals surface area contributed by atoms with Gasteiger partial charge >= 0.3 is 6.17 Å². The van der Waals surface area contributed by atoms with Gasteiger partial charge in [0, 0.05) is 80.8 Å². The lowest BCUT2D eigenvalue weighted by Crippen LogP contribution is -2.62. The van der Waals surface area contributed by atoms with Crippen molar-refractivity contribution >= 4 is 34.6 Å². The van der Waals surface area contributed by atoms with E-state index in [4.69, 9.17) is 9.57 Å². The summed E-state index contributed by atoms with van der Waals surface area (Å²) < 4.78 is 7.97. The van der Waals surface area contributed by atoms with Crippen molar-refractivity contribution in [1.82, 2.24) is 30.2 Å². The Kier molecular flexibility index (Phi) is 15.8. The number of hydrogen-bond acceptors (Lipinski definition) is 10. The summed E-state index contributed by atoms with van der Waals surface area (Å²) in [5.74, 6) is -1.43. The van der Waals surface area contributed by atoms with E-state index in [0.29, 0.717) is 50.4 Å². The first-order valence-electron chi connectivity index (χ1n) is 23.3. The van der Waals surface area contributed by atoms with E-state index >= 15 is 0 Å². The molecular weight excluding hydrogens is 847 g/mol. The number of methoxy groups -OCH3 is 1. The monoisotopic (exact) mass is 910 g/mol. The highest BCUT2D eigenvalue weighted by atomic mass is 16.8. The maximum atomic E-state index is 14.7. The number of carbonyl (C=O) groups excluding carboxylic acids is 3. The molecule has 3 atom stereocenters. The molecule has 0 radical (unpaired) electrons. The zero-order valence-electron chi connectivity index (χ0n) is 39.8. The molecule has 0 unspecified atom stereocenters.